The predicted molar refractivity (Wildman–Crippen MR) is 136 cm³/mol. The number of benzene rings is 1. The van der Waals surface area contributed by atoms with E-state index in [1.165, 1.54) is 7.11 Å². The Hall–Kier alpha value is -3.86. The first-order chi connectivity index (χ1) is 19.0. The molecule has 1 saturated heterocycles. The molecule has 1 aromatic carbocycles. The predicted octanol–water partition coefficient (Wildman–Crippen LogP) is -2.16. The first-order valence-electron chi connectivity index (χ1n) is 12.3. The van der Waals surface area contributed by atoms with E-state index >= 15 is 0 Å². The molecule has 4 rings (SSSR count). The molecule has 0 aliphatic carbocycles. The smallest absolute Gasteiger partial charge is 0.330 e. The van der Waals surface area contributed by atoms with Crippen LogP contribution in [0.2, 0.25) is 0 Å². The van der Waals surface area contributed by atoms with Gasteiger partial charge in [0.25, 0.3) is 11.5 Å². The summed E-state index contributed by atoms with van der Waals surface area (Å²) in [6.45, 7) is 1.95. The number of carbonyl (C=O) groups excluding carboxylic acids is 2. The number of hydrogen-bond acceptors (Lipinski definition) is 11. The second-order valence-corrected chi connectivity index (χ2v) is 9.17. The van der Waals surface area contributed by atoms with Crippen LogP contribution in [0.5, 0.6) is 0 Å². The normalized spacial score (nSPS) is 28.8. The second-order valence-electron chi connectivity index (χ2n) is 9.17. The first kappa shape index (κ1) is 29.1. The number of hydrogen-bond donors (Lipinski definition) is 6. The molecule has 0 saturated carbocycles. The molecule has 3 heterocycles. The molecule has 15 heteroatoms. The lowest BCUT2D eigenvalue weighted by Gasteiger charge is -2.35. The monoisotopic (exact) mass is 562 g/mol. The first-order valence-corrected chi connectivity index (χ1v) is 12.3. The van der Waals surface area contributed by atoms with E-state index in [9.17, 15) is 34.5 Å². The summed E-state index contributed by atoms with van der Waals surface area (Å²) < 4.78 is 23.0. The summed E-state index contributed by atoms with van der Waals surface area (Å²) in [7, 11) is 1.20. The molecule has 1 unspecified atom stereocenters. The van der Waals surface area contributed by atoms with Crippen LogP contribution in [0.1, 0.15) is 18.7 Å². The van der Waals surface area contributed by atoms with Gasteiger partial charge in [0.05, 0.1) is 0 Å². The third kappa shape index (κ3) is 5.99. The van der Waals surface area contributed by atoms with Crippen LogP contribution in [0.3, 0.4) is 0 Å². The van der Waals surface area contributed by atoms with Crippen LogP contribution >= 0.6 is 0 Å². The quantitative estimate of drug-likeness (QED) is 0.193. The minimum atomic E-state index is -1.78. The van der Waals surface area contributed by atoms with E-state index in [0.717, 1.165) is 34.9 Å². The Balaban J connectivity index is 1.54. The number of aromatic amines is 1. The van der Waals surface area contributed by atoms with Crippen LogP contribution in [-0.2, 0) is 35.0 Å². The molecule has 1 aromatic heterocycles. The highest BCUT2D eigenvalue weighted by atomic mass is 16.7. The summed E-state index contributed by atoms with van der Waals surface area (Å²) in [4.78, 5) is 51.0. The third-order valence-corrected chi connectivity index (χ3v) is 6.52. The Bertz CT molecular complexity index is 1390. The van der Waals surface area contributed by atoms with Gasteiger partial charge in [-0.25, -0.2) is 4.79 Å². The van der Waals surface area contributed by atoms with Gasteiger partial charge >= 0.3 is 5.69 Å². The van der Waals surface area contributed by atoms with Gasteiger partial charge in [0.15, 0.2) is 18.1 Å². The van der Waals surface area contributed by atoms with Crippen LogP contribution in [0.4, 0.5) is 5.69 Å². The molecular weight excluding hydrogens is 532 g/mol. The van der Waals surface area contributed by atoms with Gasteiger partial charge in [-0.1, -0.05) is 19.1 Å². The van der Waals surface area contributed by atoms with Gasteiger partial charge in [-0.2, -0.15) is 0 Å². The Labute approximate surface area is 226 Å². The third-order valence-electron chi connectivity index (χ3n) is 6.52. The van der Waals surface area contributed by atoms with Crippen LogP contribution < -0.4 is 22.3 Å². The zero-order valence-electron chi connectivity index (χ0n) is 21.5. The van der Waals surface area contributed by atoms with Gasteiger partial charge in [0.1, 0.15) is 30.5 Å². The lowest BCUT2D eigenvalue weighted by atomic mass is 10.0. The fraction of sp³-hybridized carbons (Fsp3) is 0.440. The second kappa shape index (κ2) is 12.1. The summed E-state index contributed by atoms with van der Waals surface area (Å²) >= 11 is 0. The largest absolute Gasteiger partial charge is 0.456 e. The number of rotatable bonds is 9. The van der Waals surface area contributed by atoms with E-state index in [4.69, 9.17) is 24.7 Å². The van der Waals surface area contributed by atoms with Gasteiger partial charge in [0.2, 0.25) is 12.2 Å². The number of ether oxygens (including phenoxy) is 4. The molecule has 2 aromatic rings. The highest BCUT2D eigenvalue weighted by Gasteiger charge is 2.52. The molecule has 1 fully saturated rings. The van der Waals surface area contributed by atoms with Crippen molar-refractivity contribution in [3.05, 3.63) is 74.8 Å². The van der Waals surface area contributed by atoms with Gasteiger partial charge in [-0.3, -0.25) is 23.9 Å². The molecule has 8 atom stereocenters. The molecule has 0 bridgehead atoms. The number of nitrogens with zero attached hydrogens (tertiary/aromatic N) is 1. The van der Waals surface area contributed by atoms with Crippen molar-refractivity contribution in [1.29, 1.82) is 0 Å². The van der Waals surface area contributed by atoms with E-state index in [-0.39, 0.29) is 0 Å². The number of aliphatic hydroxyl groups excluding tert-OH is 3. The molecule has 2 aliphatic rings. The van der Waals surface area contributed by atoms with E-state index < -0.39 is 78.0 Å². The highest BCUT2D eigenvalue weighted by molar-refractivity contribution is 6.02. The number of nitrogens with two attached hydrogens (primary N) is 1. The molecule has 0 radical (unpaired) electrons. The summed E-state index contributed by atoms with van der Waals surface area (Å²) in [5, 5.41) is 34.3. The fourth-order valence-electron chi connectivity index (χ4n) is 4.45. The van der Waals surface area contributed by atoms with Crippen molar-refractivity contribution in [2.24, 2.45) is 5.73 Å². The number of carbonyl (C=O) groups is 2. The fourth-order valence-corrected chi connectivity index (χ4v) is 4.45. The van der Waals surface area contributed by atoms with Gasteiger partial charge in [-0.15, -0.1) is 0 Å². The van der Waals surface area contributed by atoms with Crippen molar-refractivity contribution in [2.45, 2.75) is 62.5 Å². The number of amides is 2. The van der Waals surface area contributed by atoms with Crippen LogP contribution in [0.25, 0.3) is 0 Å². The zero-order valence-corrected chi connectivity index (χ0v) is 21.5. The number of aliphatic hydroxyl groups is 3. The summed E-state index contributed by atoms with van der Waals surface area (Å²) in [6, 6.07) is 8.07. The summed E-state index contributed by atoms with van der Waals surface area (Å²) in [6.07, 6.45) is -9.83. The minimum Gasteiger partial charge on any atom is -0.456 e. The Morgan fingerprint density at radius 2 is 1.95 bits per heavy atom. The number of nitrogens with one attached hydrogen (secondary N) is 2. The Kier molecular flexibility index (Phi) is 8.82. The molecule has 2 amide bonds. The van der Waals surface area contributed by atoms with E-state index in [0.29, 0.717) is 5.69 Å². The Morgan fingerprint density at radius 3 is 2.60 bits per heavy atom. The molecule has 15 nitrogen and oxygen atoms in total. The van der Waals surface area contributed by atoms with Crippen molar-refractivity contribution in [2.75, 3.05) is 12.4 Å². The average molecular weight is 563 g/mol. The standard InChI is InChI=1S/C25H30N4O11/c1-3-11-5-4-6-12(9-11)27-22(35)14-10-13(30)16(32)24(38-14)40-20(21(26)34)19-18(37-2)17(33)23(39-19)29-8-7-15(31)28-25(29)36/h4-10,13,16-20,23-24,30,32-33H,3H2,1-2H3,(H2,26,34)(H,27,35)(H,28,31,36)/t13-,16-,17+,18-,19-,20?,23+,24+/m0/s1. The van der Waals surface area contributed by atoms with Crippen molar-refractivity contribution in [3.63, 3.8) is 0 Å². The van der Waals surface area contributed by atoms with E-state index in [1.807, 2.05) is 18.0 Å². The van der Waals surface area contributed by atoms with Gasteiger partial charge in [-0.05, 0) is 30.2 Å². The van der Waals surface area contributed by atoms with E-state index in [2.05, 4.69) is 5.32 Å². The Morgan fingerprint density at radius 1 is 1.20 bits per heavy atom. The van der Waals surface area contributed by atoms with Crippen molar-refractivity contribution in [3.8, 4) is 0 Å². The molecule has 7 N–H and O–H groups in total. The summed E-state index contributed by atoms with van der Waals surface area (Å²) in [5.41, 5.74) is 5.39. The maximum absolute atomic E-state index is 12.9. The van der Waals surface area contributed by atoms with Crippen LogP contribution in [-0.4, -0.2) is 86.7 Å². The topological polar surface area (TPSA) is 225 Å². The lowest BCUT2D eigenvalue weighted by Crippen LogP contribution is -2.53. The summed E-state index contributed by atoms with van der Waals surface area (Å²) in [5.74, 6) is -2.29. The van der Waals surface area contributed by atoms with Crippen molar-refractivity contribution < 1.29 is 43.9 Å². The SMILES string of the molecule is CCc1cccc(NC(=O)C2=C[C@H](O)[C@H](O)[C@@H](OC(C(N)=O)[C@H]3O[C@@H](n4ccc(=O)[nH]c4=O)[C@H](O)[C@@H]3OC)O2)c1. The van der Waals surface area contributed by atoms with Crippen LogP contribution in [0.15, 0.2) is 58.0 Å². The number of aromatic nitrogens is 2. The maximum atomic E-state index is 12.9. The maximum Gasteiger partial charge on any atom is 0.330 e. The van der Waals surface area contributed by atoms with Gasteiger partial charge in [0, 0.05) is 25.1 Å². The lowest BCUT2D eigenvalue weighted by molar-refractivity contribution is -0.241. The molecule has 216 valence electrons. The van der Waals surface area contributed by atoms with Gasteiger partial charge < -0.3 is 45.3 Å². The zero-order chi connectivity index (χ0) is 29.1. The number of aryl methyl sites for hydroxylation is 1. The van der Waals surface area contributed by atoms with Crippen molar-refractivity contribution in [1.82, 2.24) is 9.55 Å². The number of methoxy groups -OCH3 is 1. The van der Waals surface area contributed by atoms with Crippen molar-refractivity contribution >= 4 is 17.5 Å². The molecule has 0 spiro atoms. The highest BCUT2D eigenvalue weighted by Crippen LogP contribution is 2.34. The number of H-pyrrole nitrogens is 1. The van der Waals surface area contributed by atoms with E-state index in [1.54, 1.807) is 18.2 Å². The number of primary amides is 1. The molecular formula is C25H30N4O11. The minimum absolute atomic E-state index is 0.402. The molecule has 40 heavy (non-hydrogen) atoms. The number of anilines is 1. The average Bonchev–Trinajstić information content (AvgIpc) is 3.24. The molecule has 2 aliphatic heterocycles. The van der Waals surface area contributed by atoms with Crippen LogP contribution in [0, 0.1) is 0 Å².